The second-order valence-electron chi connectivity index (χ2n) is 7.34. The highest BCUT2D eigenvalue weighted by molar-refractivity contribution is 5.90. The van der Waals surface area contributed by atoms with Crippen molar-refractivity contribution in [3.8, 4) is 0 Å². The first-order valence-electron chi connectivity index (χ1n) is 8.78. The number of aliphatic carboxylic acids is 1. The number of carbonyl (C=O) groups is 4. The summed E-state index contributed by atoms with van der Waals surface area (Å²) in [5, 5.41) is 14.3. The molecular formula is C17H29N3O6. The molecule has 1 heterocycles. The van der Waals surface area contributed by atoms with Crippen LogP contribution in [0.15, 0.2) is 0 Å². The Morgan fingerprint density at radius 2 is 1.92 bits per heavy atom. The van der Waals surface area contributed by atoms with E-state index in [0.29, 0.717) is 19.4 Å². The summed E-state index contributed by atoms with van der Waals surface area (Å²) in [6.07, 6.45) is 1.19. The maximum Gasteiger partial charge on any atom is 0.407 e. The molecule has 2 atom stereocenters. The van der Waals surface area contributed by atoms with Crippen LogP contribution >= 0.6 is 0 Å². The Bertz CT molecular complexity index is 543. The number of amides is 3. The Morgan fingerprint density at radius 1 is 1.27 bits per heavy atom. The molecule has 1 fully saturated rings. The summed E-state index contributed by atoms with van der Waals surface area (Å²) in [5.74, 6) is -1.80. The smallest absolute Gasteiger partial charge is 0.407 e. The lowest BCUT2D eigenvalue weighted by atomic mass is 10.1. The minimum atomic E-state index is -1.15. The first kappa shape index (κ1) is 21.7. The summed E-state index contributed by atoms with van der Waals surface area (Å²) in [5.41, 5.74) is -0.606. The summed E-state index contributed by atoms with van der Waals surface area (Å²) in [6, 6.07) is -1.69. The van der Waals surface area contributed by atoms with E-state index in [1.165, 1.54) is 11.8 Å². The van der Waals surface area contributed by atoms with E-state index in [9.17, 15) is 24.3 Å². The summed E-state index contributed by atoms with van der Waals surface area (Å²) >= 11 is 0. The number of alkyl carbamates (subject to hydrolysis) is 1. The molecular weight excluding hydrogens is 342 g/mol. The fourth-order valence-corrected chi connectivity index (χ4v) is 2.75. The number of hydrogen-bond donors (Lipinski definition) is 3. The highest BCUT2D eigenvalue weighted by Gasteiger charge is 2.34. The maximum absolute atomic E-state index is 12.3. The molecule has 3 N–H and O–H groups in total. The molecule has 1 aliphatic heterocycles. The second-order valence-corrected chi connectivity index (χ2v) is 7.34. The van der Waals surface area contributed by atoms with E-state index < -0.39 is 35.7 Å². The van der Waals surface area contributed by atoms with Gasteiger partial charge in [0, 0.05) is 20.0 Å². The third kappa shape index (κ3) is 7.28. The van der Waals surface area contributed by atoms with E-state index in [1.807, 2.05) is 0 Å². The van der Waals surface area contributed by atoms with Gasteiger partial charge in [-0.15, -0.1) is 0 Å². The SMILES string of the molecule is CC(=O)N1CCC[C@H]1C(=O)N[C@@H](CCCNC(=O)OC(C)(C)C)C(=O)O. The van der Waals surface area contributed by atoms with Gasteiger partial charge in [0.15, 0.2) is 0 Å². The molecule has 0 aromatic rings. The first-order chi connectivity index (χ1) is 12.0. The van der Waals surface area contributed by atoms with Crippen molar-refractivity contribution in [1.29, 1.82) is 0 Å². The molecule has 9 heteroatoms. The Kier molecular flexibility index (Phi) is 7.85. The average molecular weight is 371 g/mol. The quantitative estimate of drug-likeness (QED) is 0.570. The van der Waals surface area contributed by atoms with Crippen LogP contribution in [-0.4, -0.2) is 64.7 Å². The van der Waals surface area contributed by atoms with Crippen LogP contribution in [0, 0.1) is 0 Å². The van der Waals surface area contributed by atoms with Crippen LogP contribution in [0.4, 0.5) is 4.79 Å². The maximum atomic E-state index is 12.3. The molecule has 0 bridgehead atoms. The lowest BCUT2D eigenvalue weighted by molar-refractivity contribution is -0.143. The molecule has 3 amide bonds. The topological polar surface area (TPSA) is 125 Å². The molecule has 148 valence electrons. The van der Waals surface area contributed by atoms with E-state index in [-0.39, 0.29) is 18.9 Å². The predicted octanol–water partition coefficient (Wildman–Crippen LogP) is 0.872. The molecule has 0 spiro atoms. The molecule has 1 aliphatic rings. The number of carbonyl (C=O) groups excluding carboxylic acids is 3. The summed E-state index contributed by atoms with van der Waals surface area (Å²) in [7, 11) is 0. The van der Waals surface area contributed by atoms with Crippen molar-refractivity contribution in [3.63, 3.8) is 0 Å². The zero-order chi connectivity index (χ0) is 19.9. The van der Waals surface area contributed by atoms with Crippen LogP contribution in [0.25, 0.3) is 0 Å². The molecule has 9 nitrogen and oxygen atoms in total. The molecule has 1 saturated heterocycles. The first-order valence-corrected chi connectivity index (χ1v) is 8.78. The van der Waals surface area contributed by atoms with Crippen molar-refractivity contribution >= 4 is 23.9 Å². The molecule has 1 rings (SSSR count). The van der Waals surface area contributed by atoms with E-state index in [0.717, 1.165) is 6.42 Å². The van der Waals surface area contributed by atoms with Crippen LogP contribution in [-0.2, 0) is 19.1 Å². The molecule has 26 heavy (non-hydrogen) atoms. The van der Waals surface area contributed by atoms with Crippen LogP contribution < -0.4 is 10.6 Å². The Morgan fingerprint density at radius 3 is 2.46 bits per heavy atom. The van der Waals surface area contributed by atoms with Gasteiger partial charge in [0.25, 0.3) is 0 Å². The van der Waals surface area contributed by atoms with Crippen LogP contribution in [0.2, 0.25) is 0 Å². The molecule has 0 radical (unpaired) electrons. The number of ether oxygens (including phenoxy) is 1. The van der Waals surface area contributed by atoms with Gasteiger partial charge in [-0.05, 0) is 46.5 Å². The zero-order valence-corrected chi connectivity index (χ0v) is 15.8. The van der Waals surface area contributed by atoms with Gasteiger partial charge in [0.2, 0.25) is 11.8 Å². The highest BCUT2D eigenvalue weighted by atomic mass is 16.6. The summed E-state index contributed by atoms with van der Waals surface area (Å²) in [6.45, 7) is 7.37. The normalized spacial score (nSPS) is 18.2. The van der Waals surface area contributed by atoms with Gasteiger partial charge >= 0.3 is 12.1 Å². The van der Waals surface area contributed by atoms with Gasteiger partial charge in [0.1, 0.15) is 17.7 Å². The predicted molar refractivity (Wildman–Crippen MR) is 93.4 cm³/mol. The Hall–Kier alpha value is -2.32. The number of hydrogen-bond acceptors (Lipinski definition) is 5. The molecule has 0 unspecified atom stereocenters. The fraction of sp³-hybridized carbons (Fsp3) is 0.765. The third-order valence-electron chi connectivity index (χ3n) is 3.91. The van der Waals surface area contributed by atoms with E-state index in [4.69, 9.17) is 4.74 Å². The van der Waals surface area contributed by atoms with E-state index in [2.05, 4.69) is 10.6 Å². The van der Waals surface area contributed by atoms with Crippen molar-refractivity contribution in [2.24, 2.45) is 0 Å². The minimum absolute atomic E-state index is 0.156. The van der Waals surface area contributed by atoms with Crippen molar-refractivity contribution < 1.29 is 29.0 Å². The molecule has 0 aliphatic carbocycles. The zero-order valence-electron chi connectivity index (χ0n) is 15.8. The standard InChI is InChI=1S/C17H29N3O6/c1-11(21)20-10-6-8-13(20)14(22)19-12(15(23)24)7-5-9-18-16(25)26-17(2,3)4/h12-13H,5-10H2,1-4H3,(H,18,25)(H,19,22)(H,23,24)/t12-,13-/m0/s1. The minimum Gasteiger partial charge on any atom is -0.480 e. The van der Waals surface area contributed by atoms with E-state index in [1.54, 1.807) is 20.8 Å². The average Bonchev–Trinajstić information content (AvgIpc) is 2.97. The number of likely N-dealkylation sites (tertiary alicyclic amines) is 1. The number of rotatable bonds is 7. The van der Waals surface area contributed by atoms with Crippen molar-refractivity contribution in [2.75, 3.05) is 13.1 Å². The fourth-order valence-electron chi connectivity index (χ4n) is 2.75. The van der Waals surface area contributed by atoms with Gasteiger partial charge in [-0.1, -0.05) is 0 Å². The van der Waals surface area contributed by atoms with Crippen molar-refractivity contribution in [1.82, 2.24) is 15.5 Å². The number of carboxylic acids is 1. The van der Waals surface area contributed by atoms with Crippen LogP contribution in [0.1, 0.15) is 53.4 Å². The monoisotopic (exact) mass is 371 g/mol. The summed E-state index contributed by atoms with van der Waals surface area (Å²) < 4.78 is 5.08. The molecule has 0 aromatic carbocycles. The van der Waals surface area contributed by atoms with Crippen molar-refractivity contribution in [2.45, 2.75) is 71.1 Å². The van der Waals surface area contributed by atoms with Crippen molar-refractivity contribution in [3.05, 3.63) is 0 Å². The van der Waals surface area contributed by atoms with Gasteiger partial charge in [-0.25, -0.2) is 9.59 Å². The number of carboxylic acid groups (broad SMARTS) is 1. The van der Waals surface area contributed by atoms with Gasteiger partial charge < -0.3 is 25.4 Å². The van der Waals surface area contributed by atoms with Crippen LogP contribution in [0.3, 0.4) is 0 Å². The molecule has 0 saturated carbocycles. The highest BCUT2D eigenvalue weighted by Crippen LogP contribution is 2.17. The second kappa shape index (κ2) is 9.40. The largest absolute Gasteiger partial charge is 0.480 e. The summed E-state index contributed by atoms with van der Waals surface area (Å²) in [4.78, 5) is 48.2. The van der Waals surface area contributed by atoms with Gasteiger partial charge in [-0.3, -0.25) is 9.59 Å². The van der Waals surface area contributed by atoms with E-state index >= 15 is 0 Å². The Labute approximate surface area is 153 Å². The lowest BCUT2D eigenvalue weighted by Gasteiger charge is -2.24. The van der Waals surface area contributed by atoms with Gasteiger partial charge in [0.05, 0.1) is 0 Å². The van der Waals surface area contributed by atoms with Gasteiger partial charge in [-0.2, -0.15) is 0 Å². The molecule has 0 aromatic heterocycles. The lowest BCUT2D eigenvalue weighted by Crippen LogP contribution is -2.50. The van der Waals surface area contributed by atoms with Crippen LogP contribution in [0.5, 0.6) is 0 Å². The Balaban J connectivity index is 2.44. The number of nitrogens with one attached hydrogen (secondary N) is 2. The third-order valence-corrected chi connectivity index (χ3v) is 3.91. The number of nitrogens with zero attached hydrogens (tertiary/aromatic N) is 1.